The molecule has 0 aliphatic carbocycles. The minimum absolute atomic E-state index is 0.0474. The lowest BCUT2D eigenvalue weighted by Crippen LogP contribution is -2.53. The van der Waals surface area contributed by atoms with Gasteiger partial charge < -0.3 is 29.2 Å². The largest absolute Gasteiger partial charge is 0.497 e. The van der Waals surface area contributed by atoms with Crippen molar-refractivity contribution in [3.63, 3.8) is 0 Å². The summed E-state index contributed by atoms with van der Waals surface area (Å²) in [4.78, 5) is 30.1. The van der Waals surface area contributed by atoms with Crippen molar-refractivity contribution in [2.45, 2.75) is 37.8 Å². The quantitative estimate of drug-likeness (QED) is 0.157. The molecule has 2 amide bonds. The molecule has 4 aromatic carbocycles. The minimum Gasteiger partial charge on any atom is -0.497 e. The van der Waals surface area contributed by atoms with Gasteiger partial charge in [-0.25, -0.2) is 8.42 Å². The van der Waals surface area contributed by atoms with E-state index in [9.17, 15) is 18.0 Å². The number of rotatable bonds is 17. The van der Waals surface area contributed by atoms with Crippen LogP contribution in [0.3, 0.4) is 0 Å². The van der Waals surface area contributed by atoms with Crippen LogP contribution in [-0.4, -0.2) is 72.7 Å². The third kappa shape index (κ3) is 9.26. The molecule has 0 unspecified atom stereocenters. The van der Waals surface area contributed by atoms with Gasteiger partial charge in [0.1, 0.15) is 24.1 Å². The van der Waals surface area contributed by atoms with Gasteiger partial charge in [-0.1, -0.05) is 74.5 Å². The van der Waals surface area contributed by atoms with E-state index in [1.54, 1.807) is 12.1 Å². The molecule has 0 radical (unpaired) electrons. The van der Waals surface area contributed by atoms with Crippen molar-refractivity contribution in [3.8, 4) is 23.0 Å². The second-order valence-electron chi connectivity index (χ2n) is 11.9. The van der Waals surface area contributed by atoms with Crippen molar-refractivity contribution in [1.29, 1.82) is 0 Å². The Bertz CT molecular complexity index is 1840. The van der Waals surface area contributed by atoms with Gasteiger partial charge in [0.2, 0.25) is 11.8 Å². The van der Waals surface area contributed by atoms with E-state index in [-0.39, 0.29) is 46.9 Å². The van der Waals surface area contributed by atoms with Crippen LogP contribution in [0.5, 0.6) is 23.0 Å². The third-order valence-corrected chi connectivity index (χ3v) is 9.78. The van der Waals surface area contributed by atoms with Gasteiger partial charge in [0.15, 0.2) is 11.5 Å². The second kappa shape index (κ2) is 17.4. The summed E-state index contributed by atoms with van der Waals surface area (Å²) in [6.07, 6.45) is 0.203. The molecule has 0 aromatic heterocycles. The Morgan fingerprint density at radius 1 is 0.720 bits per heavy atom. The van der Waals surface area contributed by atoms with Crippen molar-refractivity contribution in [2.24, 2.45) is 5.92 Å². The molecule has 0 aliphatic heterocycles. The number of carbonyl (C=O) groups excluding carboxylic acids is 2. The average Bonchev–Trinajstić information content (AvgIpc) is 3.14. The van der Waals surface area contributed by atoms with Crippen LogP contribution in [0.4, 0.5) is 5.69 Å². The van der Waals surface area contributed by atoms with Gasteiger partial charge in [0.05, 0.1) is 39.0 Å². The summed E-state index contributed by atoms with van der Waals surface area (Å²) in [5.41, 5.74) is 1.68. The van der Waals surface area contributed by atoms with E-state index in [4.69, 9.17) is 18.9 Å². The number of nitrogens with zero attached hydrogens (tertiary/aromatic N) is 2. The lowest BCUT2D eigenvalue weighted by Gasteiger charge is -2.34. The maximum Gasteiger partial charge on any atom is 0.265 e. The zero-order valence-corrected chi connectivity index (χ0v) is 30.1. The molecule has 0 bridgehead atoms. The lowest BCUT2D eigenvalue weighted by atomic mass is 10.0. The highest BCUT2D eigenvalue weighted by Crippen LogP contribution is 2.38. The van der Waals surface area contributed by atoms with E-state index in [1.807, 2.05) is 74.5 Å². The first-order valence-electron chi connectivity index (χ1n) is 16.1. The van der Waals surface area contributed by atoms with E-state index in [0.29, 0.717) is 18.0 Å². The summed E-state index contributed by atoms with van der Waals surface area (Å²) in [5.74, 6) is 0.261. The number of hydrogen-bond donors (Lipinski definition) is 1. The van der Waals surface area contributed by atoms with Gasteiger partial charge in [0, 0.05) is 31.6 Å². The number of anilines is 1. The zero-order chi connectivity index (χ0) is 36.3. The number of hydrogen-bond acceptors (Lipinski definition) is 8. The van der Waals surface area contributed by atoms with E-state index >= 15 is 0 Å². The van der Waals surface area contributed by atoms with Crippen LogP contribution in [-0.2, 0) is 32.6 Å². The molecule has 11 nitrogen and oxygen atoms in total. The molecule has 0 saturated heterocycles. The van der Waals surface area contributed by atoms with Crippen LogP contribution < -0.4 is 28.6 Å². The van der Waals surface area contributed by atoms with Gasteiger partial charge in [0.25, 0.3) is 10.0 Å². The fourth-order valence-corrected chi connectivity index (χ4v) is 6.80. The van der Waals surface area contributed by atoms with Crippen molar-refractivity contribution < 1.29 is 37.0 Å². The summed E-state index contributed by atoms with van der Waals surface area (Å²) < 4.78 is 52.0. The highest BCUT2D eigenvalue weighted by atomic mass is 32.2. The molecular formula is C38H45N3O8S. The molecule has 0 heterocycles. The van der Waals surface area contributed by atoms with Gasteiger partial charge in [-0.05, 0) is 41.3 Å². The van der Waals surface area contributed by atoms with Gasteiger partial charge in [-0.15, -0.1) is 0 Å². The van der Waals surface area contributed by atoms with E-state index in [1.165, 1.54) is 57.6 Å². The Morgan fingerprint density at radius 3 is 1.90 bits per heavy atom. The number of nitrogens with one attached hydrogen (secondary N) is 1. The molecule has 0 spiro atoms. The zero-order valence-electron chi connectivity index (χ0n) is 29.3. The Kier molecular flexibility index (Phi) is 13.1. The summed E-state index contributed by atoms with van der Waals surface area (Å²) in [6.45, 7) is 3.75. The van der Waals surface area contributed by atoms with Crippen molar-refractivity contribution >= 4 is 27.5 Å². The molecule has 0 fully saturated rings. The third-order valence-electron chi connectivity index (χ3n) is 8.03. The molecular weight excluding hydrogens is 658 g/mol. The Balaban J connectivity index is 1.88. The SMILES string of the molecule is COc1ccc(OC)c(N(CC(=O)N(Cc2ccccc2)[C@@H](Cc2ccccc2)C(=O)NCC(C)C)S(=O)(=O)c2ccc(OC)c(OC)c2)c1. The Labute approximate surface area is 294 Å². The molecule has 4 rings (SSSR count). The number of ether oxygens (including phenoxy) is 4. The molecule has 1 atom stereocenters. The van der Waals surface area contributed by atoms with Gasteiger partial charge in [-0.3, -0.25) is 13.9 Å². The van der Waals surface area contributed by atoms with Crippen LogP contribution in [0.2, 0.25) is 0 Å². The van der Waals surface area contributed by atoms with Crippen molar-refractivity contribution in [2.75, 3.05) is 45.8 Å². The number of amides is 2. The summed E-state index contributed by atoms with van der Waals surface area (Å²) in [6, 6.07) is 26.6. The Morgan fingerprint density at radius 2 is 1.32 bits per heavy atom. The maximum atomic E-state index is 14.8. The fourth-order valence-electron chi connectivity index (χ4n) is 5.37. The fraction of sp³-hybridized carbons (Fsp3) is 0.316. The van der Waals surface area contributed by atoms with Gasteiger partial charge >= 0.3 is 0 Å². The molecule has 12 heteroatoms. The molecule has 1 N–H and O–H groups in total. The van der Waals surface area contributed by atoms with Crippen LogP contribution in [0.15, 0.2) is 102 Å². The van der Waals surface area contributed by atoms with E-state index < -0.39 is 28.5 Å². The molecule has 266 valence electrons. The average molecular weight is 704 g/mol. The monoisotopic (exact) mass is 703 g/mol. The first-order valence-corrected chi connectivity index (χ1v) is 17.6. The smallest absolute Gasteiger partial charge is 0.265 e. The highest BCUT2D eigenvalue weighted by Gasteiger charge is 2.36. The van der Waals surface area contributed by atoms with Crippen LogP contribution >= 0.6 is 0 Å². The minimum atomic E-state index is -4.48. The highest BCUT2D eigenvalue weighted by molar-refractivity contribution is 7.92. The van der Waals surface area contributed by atoms with Crippen LogP contribution in [0.1, 0.15) is 25.0 Å². The number of sulfonamides is 1. The van der Waals surface area contributed by atoms with Gasteiger partial charge in [-0.2, -0.15) is 0 Å². The van der Waals surface area contributed by atoms with Crippen LogP contribution in [0, 0.1) is 5.92 Å². The topological polar surface area (TPSA) is 124 Å². The normalized spacial score (nSPS) is 11.7. The second-order valence-corrected chi connectivity index (χ2v) is 13.8. The van der Waals surface area contributed by atoms with E-state index in [0.717, 1.165) is 15.4 Å². The standard InChI is InChI=1S/C38H45N3O8S/c1-27(2)24-39-38(43)33(21-28-13-9-7-10-14-28)40(25-29-15-11-8-12-16-29)37(42)26-41(32-22-30(46-3)17-19-34(32)47-4)50(44,45)31-18-20-35(48-5)36(23-31)49-6/h7-20,22-23,27,33H,21,24-26H2,1-6H3,(H,39,43)/t33-/m0/s1. The Hall–Kier alpha value is -5.23. The predicted octanol–water partition coefficient (Wildman–Crippen LogP) is 5.33. The first-order chi connectivity index (χ1) is 24.0. The number of carbonyl (C=O) groups is 2. The van der Waals surface area contributed by atoms with E-state index in [2.05, 4.69) is 5.32 Å². The number of methoxy groups -OCH3 is 4. The van der Waals surface area contributed by atoms with Crippen molar-refractivity contribution in [1.82, 2.24) is 10.2 Å². The summed E-state index contributed by atoms with van der Waals surface area (Å²) >= 11 is 0. The first kappa shape index (κ1) is 37.6. The summed E-state index contributed by atoms with van der Waals surface area (Å²) in [5, 5.41) is 2.99. The van der Waals surface area contributed by atoms with Crippen molar-refractivity contribution in [3.05, 3.63) is 108 Å². The maximum absolute atomic E-state index is 14.8. The summed E-state index contributed by atoms with van der Waals surface area (Å²) in [7, 11) is 1.23. The number of benzene rings is 4. The molecule has 0 saturated carbocycles. The lowest BCUT2D eigenvalue weighted by molar-refractivity contribution is -0.140. The molecule has 0 aliphatic rings. The predicted molar refractivity (Wildman–Crippen MR) is 192 cm³/mol. The molecule has 4 aromatic rings. The molecule has 50 heavy (non-hydrogen) atoms. The van der Waals surface area contributed by atoms with Crippen LogP contribution in [0.25, 0.3) is 0 Å².